The van der Waals surface area contributed by atoms with Gasteiger partial charge in [0, 0.05) is 31.4 Å². The first-order valence-corrected chi connectivity index (χ1v) is 9.98. The highest BCUT2D eigenvalue weighted by atomic mass is 127. The van der Waals surface area contributed by atoms with E-state index in [9.17, 15) is 10.1 Å². The standard InChI is InChI=1S/C22H17ClIN3O/c1-14-10-16(15(2)27(14)21-5-3-4-19(24)12-21)11-17(13-25)22(28)26-20-8-6-18(23)7-9-20/h3-12H,1-2H3,(H,26,28)/b17-11-. The summed E-state index contributed by atoms with van der Waals surface area (Å²) in [7, 11) is 0. The van der Waals surface area contributed by atoms with Crippen LogP contribution in [-0.4, -0.2) is 10.5 Å². The van der Waals surface area contributed by atoms with Crippen molar-refractivity contribution in [1.29, 1.82) is 5.26 Å². The van der Waals surface area contributed by atoms with Gasteiger partial charge in [-0.3, -0.25) is 4.79 Å². The number of nitrogens with zero attached hydrogens (tertiary/aromatic N) is 2. The second-order valence-electron chi connectivity index (χ2n) is 6.27. The van der Waals surface area contributed by atoms with E-state index in [-0.39, 0.29) is 5.57 Å². The fourth-order valence-corrected chi connectivity index (χ4v) is 3.63. The fraction of sp³-hybridized carbons (Fsp3) is 0.0909. The van der Waals surface area contributed by atoms with Crippen LogP contribution >= 0.6 is 34.2 Å². The van der Waals surface area contributed by atoms with Crippen molar-refractivity contribution in [3.63, 3.8) is 0 Å². The zero-order valence-electron chi connectivity index (χ0n) is 15.3. The van der Waals surface area contributed by atoms with Crippen LogP contribution in [0.15, 0.2) is 60.2 Å². The van der Waals surface area contributed by atoms with Crippen molar-refractivity contribution in [2.24, 2.45) is 0 Å². The average Bonchev–Trinajstić information content (AvgIpc) is 2.94. The van der Waals surface area contributed by atoms with Gasteiger partial charge in [-0.15, -0.1) is 0 Å². The Kier molecular flexibility index (Phi) is 6.22. The van der Waals surface area contributed by atoms with Gasteiger partial charge in [-0.1, -0.05) is 17.7 Å². The molecule has 0 bridgehead atoms. The van der Waals surface area contributed by atoms with E-state index in [1.807, 2.05) is 44.2 Å². The highest BCUT2D eigenvalue weighted by molar-refractivity contribution is 14.1. The zero-order chi connectivity index (χ0) is 20.3. The van der Waals surface area contributed by atoms with Crippen molar-refractivity contribution in [2.75, 3.05) is 5.32 Å². The topological polar surface area (TPSA) is 57.8 Å². The molecular formula is C22H17ClIN3O. The molecule has 0 saturated heterocycles. The molecule has 1 heterocycles. The molecule has 3 aromatic rings. The Hall–Kier alpha value is -2.56. The van der Waals surface area contributed by atoms with Crippen molar-refractivity contribution < 1.29 is 4.79 Å². The van der Waals surface area contributed by atoms with Gasteiger partial charge < -0.3 is 9.88 Å². The lowest BCUT2D eigenvalue weighted by Gasteiger charge is -2.10. The first-order valence-electron chi connectivity index (χ1n) is 8.52. The maximum Gasteiger partial charge on any atom is 0.266 e. The summed E-state index contributed by atoms with van der Waals surface area (Å²) in [6, 6.07) is 18.9. The summed E-state index contributed by atoms with van der Waals surface area (Å²) < 4.78 is 3.25. The van der Waals surface area contributed by atoms with E-state index in [1.54, 1.807) is 30.3 Å². The molecule has 0 aliphatic heterocycles. The third-order valence-corrected chi connectivity index (χ3v) is 5.23. The number of hydrogen-bond donors (Lipinski definition) is 1. The third kappa shape index (κ3) is 4.46. The Labute approximate surface area is 182 Å². The minimum Gasteiger partial charge on any atom is -0.321 e. The summed E-state index contributed by atoms with van der Waals surface area (Å²) in [6.07, 6.45) is 1.62. The second kappa shape index (κ2) is 8.63. The molecule has 1 aromatic heterocycles. The third-order valence-electron chi connectivity index (χ3n) is 4.30. The van der Waals surface area contributed by atoms with Crippen molar-refractivity contribution >= 4 is 51.9 Å². The van der Waals surface area contributed by atoms with E-state index in [2.05, 4.69) is 38.5 Å². The smallest absolute Gasteiger partial charge is 0.266 e. The first-order chi connectivity index (χ1) is 13.4. The van der Waals surface area contributed by atoms with Crippen LogP contribution in [0.25, 0.3) is 11.8 Å². The Balaban J connectivity index is 1.93. The number of benzene rings is 2. The Morgan fingerprint density at radius 3 is 2.54 bits per heavy atom. The summed E-state index contributed by atoms with van der Waals surface area (Å²) in [6.45, 7) is 3.98. The number of aryl methyl sites for hydroxylation is 1. The molecule has 0 unspecified atom stereocenters. The number of rotatable bonds is 4. The maximum absolute atomic E-state index is 12.5. The van der Waals surface area contributed by atoms with E-state index in [0.717, 1.165) is 26.2 Å². The van der Waals surface area contributed by atoms with Crippen LogP contribution < -0.4 is 5.32 Å². The Morgan fingerprint density at radius 1 is 1.18 bits per heavy atom. The molecule has 1 amide bonds. The second-order valence-corrected chi connectivity index (χ2v) is 7.95. The van der Waals surface area contributed by atoms with Crippen LogP contribution in [0.2, 0.25) is 5.02 Å². The van der Waals surface area contributed by atoms with Crippen LogP contribution in [0, 0.1) is 28.7 Å². The molecule has 0 aliphatic carbocycles. The molecule has 0 spiro atoms. The van der Waals surface area contributed by atoms with Gasteiger partial charge >= 0.3 is 0 Å². The number of hydrogen-bond acceptors (Lipinski definition) is 2. The highest BCUT2D eigenvalue weighted by Crippen LogP contribution is 2.24. The van der Waals surface area contributed by atoms with E-state index in [4.69, 9.17) is 11.6 Å². The Bertz CT molecular complexity index is 1110. The number of nitriles is 1. The quantitative estimate of drug-likeness (QED) is 0.275. The number of anilines is 1. The maximum atomic E-state index is 12.5. The van der Waals surface area contributed by atoms with Crippen LogP contribution in [0.1, 0.15) is 17.0 Å². The summed E-state index contributed by atoms with van der Waals surface area (Å²) in [5.41, 5.74) is 4.50. The number of aromatic nitrogens is 1. The van der Waals surface area contributed by atoms with Crippen molar-refractivity contribution in [1.82, 2.24) is 4.57 Å². The van der Waals surface area contributed by atoms with Gasteiger partial charge in [0.05, 0.1) is 0 Å². The molecule has 140 valence electrons. The predicted octanol–water partition coefficient (Wildman–Crippen LogP) is 5.90. The van der Waals surface area contributed by atoms with E-state index >= 15 is 0 Å². The fourth-order valence-electron chi connectivity index (χ4n) is 2.98. The first kappa shape index (κ1) is 20.2. The highest BCUT2D eigenvalue weighted by Gasteiger charge is 2.14. The summed E-state index contributed by atoms with van der Waals surface area (Å²) in [5.74, 6) is -0.455. The largest absolute Gasteiger partial charge is 0.321 e. The normalized spacial score (nSPS) is 11.2. The van der Waals surface area contributed by atoms with Gasteiger partial charge in [-0.25, -0.2) is 0 Å². The van der Waals surface area contributed by atoms with Gasteiger partial charge in [-0.05, 0) is 96.6 Å². The lowest BCUT2D eigenvalue weighted by atomic mass is 10.1. The van der Waals surface area contributed by atoms with Crippen molar-refractivity contribution in [2.45, 2.75) is 13.8 Å². The lowest BCUT2D eigenvalue weighted by Crippen LogP contribution is -2.13. The molecule has 0 atom stereocenters. The number of carbonyl (C=O) groups excluding carboxylic acids is 1. The van der Waals surface area contributed by atoms with E-state index < -0.39 is 5.91 Å². The van der Waals surface area contributed by atoms with Gasteiger partial charge in [0.2, 0.25) is 0 Å². The van der Waals surface area contributed by atoms with E-state index in [0.29, 0.717) is 10.7 Å². The van der Waals surface area contributed by atoms with Gasteiger partial charge in [0.15, 0.2) is 0 Å². The van der Waals surface area contributed by atoms with Gasteiger partial charge in [0.1, 0.15) is 11.6 Å². The lowest BCUT2D eigenvalue weighted by molar-refractivity contribution is -0.112. The summed E-state index contributed by atoms with van der Waals surface area (Å²) in [5, 5.41) is 12.8. The molecule has 0 aliphatic rings. The van der Waals surface area contributed by atoms with Crippen LogP contribution in [0.4, 0.5) is 5.69 Å². The molecule has 6 heteroatoms. The summed E-state index contributed by atoms with van der Waals surface area (Å²) in [4.78, 5) is 12.5. The minimum absolute atomic E-state index is 0.0397. The van der Waals surface area contributed by atoms with Gasteiger partial charge in [0.25, 0.3) is 5.91 Å². The SMILES string of the molecule is Cc1cc(/C=C(/C#N)C(=O)Nc2ccc(Cl)cc2)c(C)n1-c1cccc(I)c1. The average molecular weight is 502 g/mol. The monoisotopic (exact) mass is 501 g/mol. The number of carbonyl (C=O) groups is 1. The molecule has 0 radical (unpaired) electrons. The van der Waals surface area contributed by atoms with E-state index in [1.165, 1.54) is 0 Å². The van der Waals surface area contributed by atoms with Crippen molar-refractivity contribution in [3.8, 4) is 11.8 Å². The van der Waals surface area contributed by atoms with Crippen LogP contribution in [0.3, 0.4) is 0 Å². The molecular weight excluding hydrogens is 485 g/mol. The number of halogens is 2. The molecule has 0 saturated carbocycles. The zero-order valence-corrected chi connectivity index (χ0v) is 18.2. The van der Waals surface area contributed by atoms with Gasteiger partial charge in [-0.2, -0.15) is 5.26 Å². The number of nitrogens with one attached hydrogen (secondary N) is 1. The predicted molar refractivity (Wildman–Crippen MR) is 122 cm³/mol. The number of amides is 1. The molecule has 28 heavy (non-hydrogen) atoms. The summed E-state index contributed by atoms with van der Waals surface area (Å²) >= 11 is 8.14. The van der Waals surface area contributed by atoms with Crippen molar-refractivity contribution in [3.05, 3.63) is 85.7 Å². The molecule has 1 N–H and O–H groups in total. The minimum atomic E-state index is -0.455. The van der Waals surface area contributed by atoms with Crippen LogP contribution in [0.5, 0.6) is 0 Å². The Morgan fingerprint density at radius 2 is 1.89 bits per heavy atom. The molecule has 0 fully saturated rings. The molecule has 4 nitrogen and oxygen atoms in total. The molecule has 2 aromatic carbocycles. The molecule has 3 rings (SSSR count). The van der Waals surface area contributed by atoms with Crippen LogP contribution in [-0.2, 0) is 4.79 Å².